The lowest BCUT2D eigenvalue weighted by molar-refractivity contribution is -0.134. The van der Waals surface area contributed by atoms with E-state index in [1.165, 1.54) is 0 Å². The van der Waals surface area contributed by atoms with Gasteiger partial charge in [0, 0.05) is 19.5 Å². The summed E-state index contributed by atoms with van der Waals surface area (Å²) >= 11 is 0. The SMILES string of the molecule is CC(C)C[C@H](NC(=O)[C@H](CCc1ccccc1)NC(=O)CN1CCOCC1)C(=O)N[C@@H](Cc1ccccc1)C(=O)N[C@@H](CC(C)C)/C(=N/OCc1ccccc1)[C@@]1(C)CO1. The molecule has 0 aromatic heterocycles. The second-order valence-electron chi connectivity index (χ2n) is 16.9. The lowest BCUT2D eigenvalue weighted by Gasteiger charge is -2.29. The highest BCUT2D eigenvalue weighted by Gasteiger charge is 2.49. The molecule has 4 amide bonds. The molecule has 0 aliphatic carbocycles. The van der Waals surface area contributed by atoms with Crippen molar-refractivity contribution in [2.45, 2.75) is 103 Å². The minimum atomic E-state index is -0.998. The summed E-state index contributed by atoms with van der Waals surface area (Å²) in [5.74, 6) is -1.43. The predicted octanol–water partition coefficient (Wildman–Crippen LogP) is 4.59. The molecule has 2 heterocycles. The first kappa shape index (κ1) is 46.0. The summed E-state index contributed by atoms with van der Waals surface area (Å²) in [6, 6.07) is 25.5. The zero-order valence-corrected chi connectivity index (χ0v) is 35.9. The van der Waals surface area contributed by atoms with E-state index in [1.807, 2.05) is 117 Å². The molecule has 2 aliphatic heterocycles. The highest BCUT2D eigenvalue weighted by molar-refractivity contribution is 6.01. The molecular formula is C47H64N6O7. The van der Waals surface area contributed by atoms with Crippen LogP contribution in [0.5, 0.6) is 0 Å². The standard InChI is InChI=1S/C47H64N6O7/c1-33(2)27-39(43(47(5)32-59-47)52-60-31-37-19-13-8-14-20-37)49-46(57)41(29-36-17-11-7-12-18-36)51-45(56)40(28-34(3)4)50-44(55)38(22-21-35-15-9-6-10-16-35)48-42(54)30-53-23-25-58-26-24-53/h6-20,33-34,38-41H,21-32H2,1-5H3,(H,48,54)(H,49,57)(H,50,55)(H,51,56)/b52-43-/t38-,39-,40-,41-,47+/m0/s1. The Balaban J connectivity index is 1.34. The Morgan fingerprint density at radius 3 is 1.77 bits per heavy atom. The lowest BCUT2D eigenvalue weighted by atomic mass is 9.92. The number of carbonyl (C=O) groups excluding carboxylic acids is 4. The summed E-state index contributed by atoms with van der Waals surface area (Å²) in [4.78, 5) is 64.2. The van der Waals surface area contributed by atoms with Crippen LogP contribution < -0.4 is 21.3 Å². The van der Waals surface area contributed by atoms with E-state index in [-0.39, 0.29) is 37.3 Å². The van der Waals surface area contributed by atoms with Crippen molar-refractivity contribution in [1.29, 1.82) is 0 Å². The van der Waals surface area contributed by atoms with Gasteiger partial charge >= 0.3 is 0 Å². The van der Waals surface area contributed by atoms with Crippen molar-refractivity contribution in [2.75, 3.05) is 39.5 Å². The molecule has 2 fully saturated rings. The van der Waals surface area contributed by atoms with Gasteiger partial charge in [-0.3, -0.25) is 24.1 Å². The molecule has 60 heavy (non-hydrogen) atoms. The molecule has 2 aliphatic rings. The van der Waals surface area contributed by atoms with E-state index < -0.39 is 47.5 Å². The summed E-state index contributed by atoms with van der Waals surface area (Å²) in [6.45, 7) is 13.2. The number of hydrogen-bond donors (Lipinski definition) is 4. The quantitative estimate of drug-likeness (QED) is 0.0614. The number of nitrogens with zero attached hydrogens (tertiary/aromatic N) is 2. The number of aryl methyl sites for hydroxylation is 1. The van der Waals surface area contributed by atoms with Crippen molar-refractivity contribution in [3.8, 4) is 0 Å². The molecule has 13 nitrogen and oxygen atoms in total. The van der Waals surface area contributed by atoms with Gasteiger partial charge in [0.15, 0.2) is 0 Å². The highest BCUT2D eigenvalue weighted by atomic mass is 16.6. The minimum absolute atomic E-state index is 0.0190. The van der Waals surface area contributed by atoms with Gasteiger partial charge in [-0.1, -0.05) is 124 Å². The first-order chi connectivity index (χ1) is 28.9. The van der Waals surface area contributed by atoms with Crippen molar-refractivity contribution in [2.24, 2.45) is 17.0 Å². The Morgan fingerprint density at radius 2 is 1.18 bits per heavy atom. The number of morpholine rings is 1. The Bertz CT molecular complexity index is 1830. The van der Waals surface area contributed by atoms with Gasteiger partial charge in [0.1, 0.15) is 36.0 Å². The molecule has 0 saturated carbocycles. The zero-order chi connectivity index (χ0) is 42.9. The number of oxime groups is 1. The summed E-state index contributed by atoms with van der Waals surface area (Å²) in [5, 5.41) is 16.7. The van der Waals surface area contributed by atoms with Crippen molar-refractivity contribution in [1.82, 2.24) is 26.2 Å². The number of hydrogen-bond acceptors (Lipinski definition) is 9. The Morgan fingerprint density at radius 1 is 0.683 bits per heavy atom. The highest BCUT2D eigenvalue weighted by Crippen LogP contribution is 2.31. The Labute approximate surface area is 355 Å². The third-order valence-corrected chi connectivity index (χ3v) is 10.7. The van der Waals surface area contributed by atoms with Crippen LogP contribution >= 0.6 is 0 Å². The average Bonchev–Trinajstić information content (AvgIpc) is 3.98. The fourth-order valence-electron chi connectivity index (χ4n) is 7.25. The molecule has 4 N–H and O–H groups in total. The second-order valence-corrected chi connectivity index (χ2v) is 16.9. The monoisotopic (exact) mass is 824 g/mol. The van der Waals surface area contributed by atoms with Crippen LogP contribution in [0, 0.1) is 11.8 Å². The number of ether oxygens (including phenoxy) is 2. The van der Waals surface area contributed by atoms with Gasteiger partial charge in [-0.25, -0.2) is 0 Å². The van der Waals surface area contributed by atoms with Crippen LogP contribution in [0.3, 0.4) is 0 Å². The van der Waals surface area contributed by atoms with Gasteiger partial charge in [-0.15, -0.1) is 0 Å². The molecular weight excluding hydrogens is 761 g/mol. The summed E-state index contributed by atoms with van der Waals surface area (Å²) in [6.07, 6.45) is 1.95. The molecule has 0 bridgehead atoms. The molecule has 3 aromatic carbocycles. The average molecular weight is 825 g/mol. The van der Waals surface area contributed by atoms with E-state index in [2.05, 4.69) is 40.3 Å². The smallest absolute Gasteiger partial charge is 0.243 e. The van der Waals surface area contributed by atoms with E-state index in [9.17, 15) is 19.2 Å². The van der Waals surface area contributed by atoms with Gasteiger partial charge in [0.05, 0.1) is 32.4 Å². The first-order valence-electron chi connectivity index (χ1n) is 21.3. The van der Waals surface area contributed by atoms with Crippen LogP contribution in [0.4, 0.5) is 0 Å². The summed E-state index contributed by atoms with van der Waals surface area (Å²) in [7, 11) is 0. The number of carbonyl (C=O) groups is 4. The third kappa shape index (κ3) is 15.2. The molecule has 5 atom stereocenters. The van der Waals surface area contributed by atoms with Gasteiger partial charge in [-0.2, -0.15) is 0 Å². The molecule has 324 valence electrons. The van der Waals surface area contributed by atoms with E-state index >= 15 is 0 Å². The predicted molar refractivity (Wildman–Crippen MR) is 232 cm³/mol. The minimum Gasteiger partial charge on any atom is -0.391 e. The Hall–Kier alpha value is -5.11. The fourth-order valence-corrected chi connectivity index (χ4v) is 7.25. The first-order valence-corrected chi connectivity index (χ1v) is 21.3. The zero-order valence-electron chi connectivity index (χ0n) is 35.9. The van der Waals surface area contributed by atoms with Crippen molar-refractivity contribution in [3.63, 3.8) is 0 Å². The normalized spacial score (nSPS) is 18.8. The number of amides is 4. The summed E-state index contributed by atoms with van der Waals surface area (Å²) < 4.78 is 11.3. The fraction of sp³-hybridized carbons (Fsp3) is 0.511. The molecule has 13 heteroatoms. The van der Waals surface area contributed by atoms with E-state index in [0.717, 1.165) is 16.7 Å². The van der Waals surface area contributed by atoms with Crippen LogP contribution in [0.15, 0.2) is 96.2 Å². The van der Waals surface area contributed by atoms with Crippen molar-refractivity contribution >= 4 is 29.3 Å². The van der Waals surface area contributed by atoms with Crippen LogP contribution in [-0.2, 0) is 52.9 Å². The Kier molecular flexibility index (Phi) is 17.6. The number of rotatable bonds is 23. The van der Waals surface area contributed by atoms with Crippen LogP contribution in [-0.4, -0.2) is 103 Å². The van der Waals surface area contributed by atoms with Crippen molar-refractivity contribution in [3.05, 3.63) is 108 Å². The molecule has 5 rings (SSSR count). The summed E-state index contributed by atoms with van der Waals surface area (Å²) in [5.41, 5.74) is 2.71. The molecule has 2 saturated heterocycles. The van der Waals surface area contributed by atoms with Gasteiger partial charge in [0.2, 0.25) is 23.6 Å². The van der Waals surface area contributed by atoms with Crippen LogP contribution in [0.1, 0.15) is 70.6 Å². The van der Waals surface area contributed by atoms with E-state index in [1.54, 1.807) is 0 Å². The second kappa shape index (κ2) is 23.0. The van der Waals surface area contributed by atoms with Gasteiger partial charge in [-0.05, 0) is 61.1 Å². The molecule has 0 unspecified atom stereocenters. The molecule has 0 spiro atoms. The van der Waals surface area contributed by atoms with Crippen LogP contribution in [0.25, 0.3) is 0 Å². The van der Waals surface area contributed by atoms with Crippen LogP contribution in [0.2, 0.25) is 0 Å². The van der Waals surface area contributed by atoms with Gasteiger partial charge in [0.25, 0.3) is 0 Å². The number of nitrogens with one attached hydrogen (secondary N) is 4. The van der Waals surface area contributed by atoms with Crippen molar-refractivity contribution < 1.29 is 33.5 Å². The lowest BCUT2D eigenvalue weighted by Crippen LogP contribution is -2.59. The largest absolute Gasteiger partial charge is 0.391 e. The maximum Gasteiger partial charge on any atom is 0.243 e. The topological polar surface area (TPSA) is 163 Å². The van der Waals surface area contributed by atoms with E-state index in [0.29, 0.717) is 64.3 Å². The maximum absolute atomic E-state index is 14.5. The number of benzene rings is 3. The number of epoxide rings is 1. The van der Waals surface area contributed by atoms with Gasteiger partial charge < -0.3 is 35.6 Å². The van der Waals surface area contributed by atoms with E-state index in [4.69, 9.17) is 14.3 Å². The molecule has 0 radical (unpaired) electrons. The third-order valence-electron chi connectivity index (χ3n) is 10.7. The molecule has 3 aromatic rings. The maximum atomic E-state index is 14.5.